The number of aromatic nitrogens is 1. The number of thiazole rings is 1. The molecule has 0 amide bonds. The first kappa shape index (κ1) is 12.5. The van der Waals surface area contributed by atoms with E-state index in [2.05, 4.69) is 10.3 Å². The van der Waals surface area contributed by atoms with E-state index < -0.39 is 16.4 Å². The number of halogens is 1. The number of hydrogen-bond donors (Lipinski definition) is 1. The van der Waals surface area contributed by atoms with Crippen molar-refractivity contribution in [3.05, 3.63) is 57.8 Å². The second kappa shape index (κ2) is 4.86. The Hall–Kier alpha value is -2.54. The first-order chi connectivity index (χ1) is 9.65. The molecule has 1 N–H and O–H groups in total. The lowest BCUT2D eigenvalue weighted by Crippen LogP contribution is -1.99. The molecule has 2 aromatic carbocycles. The van der Waals surface area contributed by atoms with Crippen molar-refractivity contribution in [1.29, 1.82) is 0 Å². The molecule has 0 fully saturated rings. The average Bonchev–Trinajstić information content (AvgIpc) is 2.85. The number of nitrogens with zero attached hydrogens (tertiary/aromatic N) is 2. The summed E-state index contributed by atoms with van der Waals surface area (Å²) < 4.78 is 14.5. The lowest BCUT2D eigenvalue weighted by molar-refractivity contribution is -0.386. The highest BCUT2D eigenvalue weighted by atomic mass is 32.1. The fourth-order valence-electron chi connectivity index (χ4n) is 1.89. The molecule has 3 aromatic rings. The second-order valence-corrected chi connectivity index (χ2v) is 4.94. The molecule has 5 nitrogen and oxygen atoms in total. The van der Waals surface area contributed by atoms with Gasteiger partial charge in [0.2, 0.25) is 5.82 Å². The number of nitrogens with one attached hydrogen (secondary N) is 1. The van der Waals surface area contributed by atoms with Crippen molar-refractivity contribution in [3.8, 4) is 0 Å². The van der Waals surface area contributed by atoms with Gasteiger partial charge in [-0.2, -0.15) is 4.39 Å². The number of para-hydroxylation sites is 1. The number of benzene rings is 2. The molecular formula is C13H8FN3O2S. The molecule has 1 heterocycles. The van der Waals surface area contributed by atoms with Gasteiger partial charge >= 0.3 is 5.69 Å². The first-order valence-corrected chi connectivity index (χ1v) is 6.56. The van der Waals surface area contributed by atoms with Gasteiger partial charge in [0.05, 0.1) is 20.7 Å². The molecule has 3 rings (SSSR count). The van der Waals surface area contributed by atoms with Crippen LogP contribution in [0.3, 0.4) is 0 Å². The van der Waals surface area contributed by atoms with Crippen LogP contribution in [0.25, 0.3) is 10.2 Å². The summed E-state index contributed by atoms with van der Waals surface area (Å²) in [5.41, 5.74) is 2.79. The SMILES string of the molecule is O=[N+]([O-])c1c(F)cccc1Nc1ccc2ncsc2c1. The molecule has 0 atom stereocenters. The Balaban J connectivity index is 2.02. The summed E-state index contributed by atoms with van der Waals surface area (Å²) in [6.07, 6.45) is 0. The van der Waals surface area contributed by atoms with E-state index in [9.17, 15) is 14.5 Å². The van der Waals surface area contributed by atoms with Crippen molar-refractivity contribution in [3.63, 3.8) is 0 Å². The lowest BCUT2D eigenvalue weighted by atomic mass is 10.2. The van der Waals surface area contributed by atoms with Crippen LogP contribution in [0.15, 0.2) is 41.9 Å². The van der Waals surface area contributed by atoms with Crippen molar-refractivity contribution in [2.24, 2.45) is 0 Å². The minimum Gasteiger partial charge on any atom is -0.350 e. The van der Waals surface area contributed by atoms with E-state index in [0.29, 0.717) is 5.69 Å². The molecule has 0 unspecified atom stereocenters. The maximum absolute atomic E-state index is 13.5. The maximum Gasteiger partial charge on any atom is 0.327 e. The number of fused-ring (bicyclic) bond motifs is 1. The lowest BCUT2D eigenvalue weighted by Gasteiger charge is -2.07. The second-order valence-electron chi connectivity index (χ2n) is 4.05. The summed E-state index contributed by atoms with van der Waals surface area (Å²) in [6.45, 7) is 0. The van der Waals surface area contributed by atoms with Gasteiger partial charge in [-0.1, -0.05) is 6.07 Å². The van der Waals surface area contributed by atoms with Crippen molar-refractivity contribution in [1.82, 2.24) is 4.98 Å². The molecule has 0 aliphatic heterocycles. The predicted molar refractivity (Wildman–Crippen MR) is 76.0 cm³/mol. The van der Waals surface area contributed by atoms with Gasteiger partial charge in [-0.05, 0) is 30.3 Å². The van der Waals surface area contributed by atoms with Crippen LogP contribution in [0.2, 0.25) is 0 Å². The fourth-order valence-corrected chi connectivity index (χ4v) is 2.61. The molecule has 100 valence electrons. The molecule has 0 aliphatic carbocycles. The van der Waals surface area contributed by atoms with Gasteiger partial charge in [-0.15, -0.1) is 11.3 Å². The standard InChI is InChI=1S/C13H8FN3O2S/c14-9-2-1-3-11(13(9)17(18)19)16-8-4-5-10-12(6-8)20-7-15-10/h1-7,16H. The van der Waals surface area contributed by atoms with Crippen LogP contribution in [0, 0.1) is 15.9 Å². The first-order valence-electron chi connectivity index (χ1n) is 5.68. The summed E-state index contributed by atoms with van der Waals surface area (Å²) in [4.78, 5) is 14.3. The number of rotatable bonds is 3. The maximum atomic E-state index is 13.5. The molecule has 0 bridgehead atoms. The minimum absolute atomic E-state index is 0.124. The Morgan fingerprint density at radius 2 is 2.15 bits per heavy atom. The number of hydrogen-bond acceptors (Lipinski definition) is 5. The van der Waals surface area contributed by atoms with E-state index in [-0.39, 0.29) is 5.69 Å². The van der Waals surface area contributed by atoms with Crippen LogP contribution < -0.4 is 5.32 Å². The van der Waals surface area contributed by atoms with Gasteiger partial charge < -0.3 is 5.32 Å². The summed E-state index contributed by atoms with van der Waals surface area (Å²) in [6, 6.07) is 9.33. The van der Waals surface area contributed by atoms with E-state index in [0.717, 1.165) is 16.3 Å². The Morgan fingerprint density at radius 3 is 2.95 bits per heavy atom. The van der Waals surface area contributed by atoms with E-state index >= 15 is 0 Å². The van der Waals surface area contributed by atoms with E-state index in [4.69, 9.17) is 0 Å². The highest BCUT2D eigenvalue weighted by Gasteiger charge is 2.19. The molecule has 0 aliphatic rings. The smallest absolute Gasteiger partial charge is 0.327 e. The van der Waals surface area contributed by atoms with Crippen LogP contribution in [0.5, 0.6) is 0 Å². The normalized spacial score (nSPS) is 10.7. The third-order valence-corrected chi connectivity index (χ3v) is 3.57. The molecule has 0 spiro atoms. The van der Waals surface area contributed by atoms with Gasteiger partial charge in [0.1, 0.15) is 5.69 Å². The highest BCUT2D eigenvalue weighted by molar-refractivity contribution is 7.16. The van der Waals surface area contributed by atoms with Gasteiger partial charge in [-0.25, -0.2) is 4.98 Å². The summed E-state index contributed by atoms with van der Waals surface area (Å²) >= 11 is 1.47. The zero-order valence-corrected chi connectivity index (χ0v) is 10.9. The van der Waals surface area contributed by atoms with E-state index in [1.165, 1.54) is 23.5 Å². The van der Waals surface area contributed by atoms with Crippen molar-refractivity contribution in [2.45, 2.75) is 0 Å². The fraction of sp³-hybridized carbons (Fsp3) is 0. The topological polar surface area (TPSA) is 68.1 Å². The zero-order chi connectivity index (χ0) is 14.1. The Labute approximate surface area is 116 Å². The average molecular weight is 289 g/mol. The molecule has 0 radical (unpaired) electrons. The number of anilines is 2. The molecule has 7 heteroatoms. The van der Waals surface area contributed by atoms with Crippen LogP contribution in [0.1, 0.15) is 0 Å². The summed E-state index contributed by atoms with van der Waals surface area (Å²) in [5.74, 6) is -0.862. The van der Waals surface area contributed by atoms with Gasteiger partial charge in [-0.3, -0.25) is 10.1 Å². The molecule has 0 saturated carbocycles. The van der Waals surface area contributed by atoms with Gasteiger partial charge in [0.25, 0.3) is 0 Å². The third-order valence-electron chi connectivity index (χ3n) is 2.78. The number of nitro groups is 1. The molecule has 1 aromatic heterocycles. The third kappa shape index (κ3) is 2.19. The Bertz CT molecular complexity index is 803. The molecule has 0 saturated heterocycles. The van der Waals surface area contributed by atoms with Gasteiger partial charge in [0, 0.05) is 5.69 Å². The molecule has 20 heavy (non-hydrogen) atoms. The van der Waals surface area contributed by atoms with Gasteiger partial charge in [0.15, 0.2) is 0 Å². The quantitative estimate of drug-likeness (QED) is 0.582. The van der Waals surface area contributed by atoms with Crippen LogP contribution in [-0.4, -0.2) is 9.91 Å². The van der Waals surface area contributed by atoms with Crippen LogP contribution in [0.4, 0.5) is 21.5 Å². The van der Waals surface area contributed by atoms with Crippen LogP contribution in [-0.2, 0) is 0 Å². The number of nitro benzene ring substituents is 1. The Kier molecular flexibility index (Phi) is 3.03. The highest BCUT2D eigenvalue weighted by Crippen LogP contribution is 2.31. The van der Waals surface area contributed by atoms with Crippen molar-refractivity contribution in [2.75, 3.05) is 5.32 Å². The van der Waals surface area contributed by atoms with E-state index in [1.807, 2.05) is 6.07 Å². The van der Waals surface area contributed by atoms with Crippen molar-refractivity contribution < 1.29 is 9.31 Å². The van der Waals surface area contributed by atoms with Crippen LogP contribution >= 0.6 is 11.3 Å². The minimum atomic E-state index is -0.862. The predicted octanol–water partition coefficient (Wildman–Crippen LogP) is 4.09. The zero-order valence-electron chi connectivity index (χ0n) is 10.0. The summed E-state index contributed by atoms with van der Waals surface area (Å²) in [7, 11) is 0. The van der Waals surface area contributed by atoms with E-state index in [1.54, 1.807) is 17.6 Å². The monoisotopic (exact) mass is 289 g/mol. The summed E-state index contributed by atoms with van der Waals surface area (Å²) in [5, 5.41) is 13.8. The molecular weight excluding hydrogens is 281 g/mol. The van der Waals surface area contributed by atoms with Crippen molar-refractivity contribution >= 4 is 38.6 Å². The largest absolute Gasteiger partial charge is 0.350 e. The Morgan fingerprint density at radius 1 is 1.30 bits per heavy atom.